The highest BCUT2D eigenvalue weighted by Gasteiger charge is 2.25. The van der Waals surface area contributed by atoms with Crippen LogP contribution in [0.2, 0.25) is 0 Å². The summed E-state index contributed by atoms with van der Waals surface area (Å²) in [4.78, 5) is 2.65. The van der Waals surface area contributed by atoms with Crippen LogP contribution in [-0.4, -0.2) is 40.9 Å². The topological polar surface area (TPSA) is 73.5 Å². The molecule has 8 heteroatoms. The lowest BCUT2D eigenvalue weighted by atomic mass is 10.0. The third kappa shape index (κ3) is 6.18. The quantitative estimate of drug-likeness (QED) is 0.377. The Bertz CT molecular complexity index is 1230. The maximum atomic E-state index is 13.1. The smallest absolute Gasteiger partial charge is 0.177 e. The summed E-state index contributed by atoms with van der Waals surface area (Å²) in [6.45, 7) is 6.21. The van der Waals surface area contributed by atoms with Crippen LogP contribution in [0.5, 0.6) is 0 Å². The number of anilines is 3. The van der Waals surface area contributed by atoms with Crippen molar-refractivity contribution in [2.45, 2.75) is 24.4 Å². The Morgan fingerprint density at radius 2 is 1.76 bits per heavy atom. The fraction of sp³-hybridized carbons (Fsp3) is 0.308. The second kappa shape index (κ2) is 10.9. The first-order chi connectivity index (χ1) is 16.3. The highest BCUT2D eigenvalue weighted by atomic mass is 79.9. The average Bonchev–Trinajstić information content (AvgIpc) is 2.82. The largest absolute Gasteiger partial charge is 0.369 e. The standard InChI is InChI=1S/C26H31BrN4O2S/c1-19(29-18-20-7-6-8-21(27)15-20)24-16-23(31-13-11-28-12-14-31)17-25(26(24)34(2,32)33)30-22-9-4-3-5-10-22/h3-10,15-17,19,28-30H,11-14,18H2,1-2H3. The fourth-order valence-electron chi connectivity index (χ4n) is 4.27. The molecule has 4 rings (SSSR count). The normalized spacial score (nSPS) is 15.2. The summed E-state index contributed by atoms with van der Waals surface area (Å²) in [7, 11) is -3.51. The van der Waals surface area contributed by atoms with E-state index in [-0.39, 0.29) is 6.04 Å². The van der Waals surface area contributed by atoms with E-state index in [1.807, 2.05) is 61.5 Å². The first-order valence-electron chi connectivity index (χ1n) is 11.4. The van der Waals surface area contributed by atoms with E-state index in [0.717, 1.165) is 53.2 Å². The number of benzene rings is 3. The summed E-state index contributed by atoms with van der Waals surface area (Å²) in [6.07, 6.45) is 1.29. The first-order valence-corrected chi connectivity index (χ1v) is 14.1. The summed E-state index contributed by atoms with van der Waals surface area (Å²) >= 11 is 3.52. The van der Waals surface area contributed by atoms with Gasteiger partial charge in [-0.3, -0.25) is 0 Å². The number of rotatable bonds is 8. The molecule has 0 amide bonds. The van der Waals surface area contributed by atoms with Crippen LogP contribution in [0.3, 0.4) is 0 Å². The molecule has 34 heavy (non-hydrogen) atoms. The Kier molecular flexibility index (Phi) is 7.93. The van der Waals surface area contributed by atoms with Gasteiger partial charge in [0.1, 0.15) is 0 Å². The van der Waals surface area contributed by atoms with Gasteiger partial charge in [0.25, 0.3) is 0 Å². The zero-order valence-corrected chi connectivity index (χ0v) is 21.9. The molecule has 0 aliphatic carbocycles. The molecule has 1 fully saturated rings. The number of sulfone groups is 1. The Morgan fingerprint density at radius 3 is 2.44 bits per heavy atom. The van der Waals surface area contributed by atoms with Crippen LogP contribution in [0, 0.1) is 0 Å². The summed E-state index contributed by atoms with van der Waals surface area (Å²) in [5.74, 6) is 0. The van der Waals surface area contributed by atoms with Gasteiger partial charge in [0, 0.05) is 60.9 Å². The number of halogens is 1. The second-order valence-corrected chi connectivity index (χ2v) is 11.5. The molecule has 0 radical (unpaired) electrons. The van der Waals surface area contributed by atoms with Crippen LogP contribution < -0.4 is 20.9 Å². The van der Waals surface area contributed by atoms with Crippen LogP contribution in [0.4, 0.5) is 17.1 Å². The van der Waals surface area contributed by atoms with Crippen molar-refractivity contribution >= 4 is 42.8 Å². The molecule has 0 spiro atoms. The SMILES string of the molecule is CC(NCc1cccc(Br)c1)c1cc(N2CCNCC2)cc(Nc2ccccc2)c1S(C)(=O)=O. The lowest BCUT2D eigenvalue weighted by Crippen LogP contribution is -2.43. The molecule has 3 N–H and O–H groups in total. The molecule has 0 aromatic heterocycles. The van der Waals surface area contributed by atoms with Crippen LogP contribution >= 0.6 is 15.9 Å². The lowest BCUT2D eigenvalue weighted by Gasteiger charge is -2.31. The third-order valence-electron chi connectivity index (χ3n) is 5.98. The highest BCUT2D eigenvalue weighted by Crippen LogP contribution is 2.36. The van der Waals surface area contributed by atoms with Gasteiger partial charge in [-0.1, -0.05) is 46.3 Å². The Hall–Kier alpha value is -2.39. The molecule has 1 heterocycles. The lowest BCUT2D eigenvalue weighted by molar-refractivity contribution is 0.558. The monoisotopic (exact) mass is 542 g/mol. The van der Waals surface area contributed by atoms with Crippen molar-refractivity contribution in [3.8, 4) is 0 Å². The Morgan fingerprint density at radius 1 is 1.03 bits per heavy atom. The zero-order chi connectivity index (χ0) is 24.1. The molecule has 1 saturated heterocycles. The molecule has 1 aliphatic heterocycles. The molecule has 1 aliphatic rings. The molecular weight excluding hydrogens is 512 g/mol. The maximum Gasteiger partial charge on any atom is 0.177 e. The van der Waals surface area contributed by atoms with Crippen LogP contribution in [0.25, 0.3) is 0 Å². The number of piperazine rings is 1. The van der Waals surface area contributed by atoms with Gasteiger partial charge in [-0.2, -0.15) is 0 Å². The summed E-state index contributed by atoms with van der Waals surface area (Å²) in [5.41, 5.74) is 4.38. The van der Waals surface area contributed by atoms with E-state index in [2.05, 4.69) is 48.9 Å². The van der Waals surface area contributed by atoms with Gasteiger partial charge in [-0.05, 0) is 54.4 Å². The number of para-hydroxylation sites is 1. The molecule has 1 unspecified atom stereocenters. The number of hydrogen-bond acceptors (Lipinski definition) is 6. The predicted octanol–water partition coefficient (Wildman–Crippen LogP) is 4.86. The average molecular weight is 544 g/mol. The summed E-state index contributed by atoms with van der Waals surface area (Å²) < 4.78 is 27.2. The highest BCUT2D eigenvalue weighted by molar-refractivity contribution is 9.10. The number of hydrogen-bond donors (Lipinski definition) is 3. The van der Waals surface area contributed by atoms with E-state index < -0.39 is 9.84 Å². The minimum atomic E-state index is -3.51. The molecule has 6 nitrogen and oxygen atoms in total. The van der Waals surface area contributed by atoms with E-state index in [0.29, 0.717) is 17.1 Å². The Balaban J connectivity index is 1.75. The molecule has 180 valence electrons. The second-order valence-electron chi connectivity index (χ2n) is 8.64. The summed E-state index contributed by atoms with van der Waals surface area (Å²) in [5, 5.41) is 10.3. The van der Waals surface area contributed by atoms with Gasteiger partial charge in [0.15, 0.2) is 9.84 Å². The first kappa shape index (κ1) is 24.7. The van der Waals surface area contributed by atoms with Crippen molar-refractivity contribution in [1.82, 2.24) is 10.6 Å². The van der Waals surface area contributed by atoms with E-state index in [1.54, 1.807) is 0 Å². The van der Waals surface area contributed by atoms with Gasteiger partial charge >= 0.3 is 0 Å². The van der Waals surface area contributed by atoms with E-state index in [1.165, 1.54) is 6.26 Å². The van der Waals surface area contributed by atoms with Gasteiger partial charge < -0.3 is 20.9 Å². The van der Waals surface area contributed by atoms with E-state index >= 15 is 0 Å². The number of nitrogens with one attached hydrogen (secondary N) is 3. The van der Waals surface area contributed by atoms with Crippen molar-refractivity contribution in [3.63, 3.8) is 0 Å². The van der Waals surface area contributed by atoms with Gasteiger partial charge in [-0.25, -0.2) is 8.42 Å². The summed E-state index contributed by atoms with van der Waals surface area (Å²) in [6, 6.07) is 21.7. The minimum Gasteiger partial charge on any atom is -0.369 e. The molecule has 3 aromatic rings. The molecule has 0 bridgehead atoms. The van der Waals surface area contributed by atoms with Crippen molar-refractivity contribution in [1.29, 1.82) is 0 Å². The Labute approximate surface area is 210 Å². The van der Waals surface area contributed by atoms with Crippen molar-refractivity contribution in [2.24, 2.45) is 0 Å². The fourth-order valence-corrected chi connectivity index (χ4v) is 5.89. The van der Waals surface area contributed by atoms with E-state index in [9.17, 15) is 8.42 Å². The number of nitrogens with zero attached hydrogens (tertiary/aromatic N) is 1. The van der Waals surface area contributed by atoms with Gasteiger partial charge in [0.2, 0.25) is 0 Å². The van der Waals surface area contributed by atoms with Crippen LogP contribution in [-0.2, 0) is 16.4 Å². The van der Waals surface area contributed by atoms with Crippen molar-refractivity contribution < 1.29 is 8.42 Å². The minimum absolute atomic E-state index is 0.178. The predicted molar refractivity (Wildman–Crippen MR) is 144 cm³/mol. The van der Waals surface area contributed by atoms with Crippen molar-refractivity contribution in [3.05, 3.63) is 82.3 Å². The van der Waals surface area contributed by atoms with Crippen LogP contribution in [0.15, 0.2) is 76.1 Å². The van der Waals surface area contributed by atoms with Gasteiger partial charge in [0.05, 0.1) is 10.6 Å². The molecular formula is C26H31BrN4O2S. The van der Waals surface area contributed by atoms with Crippen molar-refractivity contribution in [2.75, 3.05) is 42.7 Å². The molecule has 1 atom stereocenters. The van der Waals surface area contributed by atoms with E-state index in [4.69, 9.17) is 0 Å². The maximum absolute atomic E-state index is 13.1. The van der Waals surface area contributed by atoms with Gasteiger partial charge in [-0.15, -0.1) is 0 Å². The molecule has 3 aromatic carbocycles. The third-order valence-corrected chi connectivity index (χ3v) is 7.67. The van der Waals surface area contributed by atoms with Crippen LogP contribution in [0.1, 0.15) is 24.1 Å². The molecule has 0 saturated carbocycles. The zero-order valence-electron chi connectivity index (χ0n) is 19.5.